The fourth-order valence-corrected chi connectivity index (χ4v) is 5.60. The number of amides is 2. The summed E-state index contributed by atoms with van der Waals surface area (Å²) in [5.74, 6) is -1.93. The lowest BCUT2D eigenvalue weighted by atomic mass is 9.93. The molecular weight excluding hydrogens is 427 g/mol. The topological polar surface area (TPSA) is 96.0 Å². The number of alkyl halides is 3. The highest BCUT2D eigenvalue weighted by atomic mass is 32.2. The second kappa shape index (κ2) is 7.12. The summed E-state index contributed by atoms with van der Waals surface area (Å²) in [5.41, 5.74) is 0.418. The highest BCUT2D eigenvalue weighted by Gasteiger charge is 2.45. The van der Waals surface area contributed by atoms with E-state index in [9.17, 15) is 31.2 Å². The lowest BCUT2D eigenvalue weighted by Gasteiger charge is -2.36. The van der Waals surface area contributed by atoms with Crippen LogP contribution in [0.4, 0.5) is 18.0 Å². The van der Waals surface area contributed by atoms with Gasteiger partial charge in [-0.2, -0.15) is 17.5 Å². The van der Waals surface area contributed by atoms with Crippen LogP contribution in [0.25, 0.3) is 0 Å². The molecule has 8 nitrogen and oxygen atoms in total. The van der Waals surface area contributed by atoms with E-state index >= 15 is 0 Å². The number of carbonyl (C=O) groups excluding carboxylic acids is 2. The number of fused-ring (bicyclic) bond motifs is 1. The Hall–Kier alpha value is -2.34. The SMILES string of the molecule is O=C1NCC2(CCN(S(=O)(=O)c3ccc4c(c3)CN(C(=O)C(F)(F)F)CC4)CC2)O1. The van der Waals surface area contributed by atoms with Crippen molar-refractivity contribution in [1.82, 2.24) is 14.5 Å². The Morgan fingerprint density at radius 3 is 2.43 bits per heavy atom. The molecule has 1 aromatic carbocycles. The maximum atomic E-state index is 13.1. The molecule has 30 heavy (non-hydrogen) atoms. The molecule has 0 aliphatic carbocycles. The molecule has 0 radical (unpaired) electrons. The molecule has 2 amide bonds. The molecule has 0 aromatic heterocycles. The molecule has 12 heteroatoms. The normalized spacial score (nSPS) is 21.8. The summed E-state index contributed by atoms with van der Waals surface area (Å²) >= 11 is 0. The Labute approximate surface area is 171 Å². The third kappa shape index (κ3) is 3.73. The number of alkyl carbamates (subject to hydrolysis) is 1. The molecule has 1 aromatic rings. The number of nitrogens with zero attached hydrogens (tertiary/aromatic N) is 2. The predicted molar refractivity (Wildman–Crippen MR) is 96.8 cm³/mol. The summed E-state index contributed by atoms with van der Waals surface area (Å²) in [7, 11) is -3.87. The van der Waals surface area contributed by atoms with E-state index in [4.69, 9.17) is 4.74 Å². The number of benzene rings is 1. The van der Waals surface area contributed by atoms with Gasteiger partial charge in [0.05, 0.1) is 11.4 Å². The summed E-state index contributed by atoms with van der Waals surface area (Å²) in [6.45, 7) is 0.294. The molecule has 4 rings (SSSR count). The summed E-state index contributed by atoms with van der Waals surface area (Å²) < 4.78 is 70.9. The third-order valence-corrected chi connectivity index (χ3v) is 7.75. The van der Waals surface area contributed by atoms with Crippen molar-refractivity contribution in [3.8, 4) is 0 Å². The maximum Gasteiger partial charge on any atom is 0.471 e. The summed E-state index contributed by atoms with van der Waals surface area (Å²) in [4.78, 5) is 23.5. The van der Waals surface area contributed by atoms with Gasteiger partial charge < -0.3 is 15.0 Å². The van der Waals surface area contributed by atoms with Crippen LogP contribution < -0.4 is 5.32 Å². The number of nitrogens with one attached hydrogen (secondary N) is 1. The smallest absolute Gasteiger partial charge is 0.441 e. The third-order valence-electron chi connectivity index (χ3n) is 5.86. The number of hydrogen-bond donors (Lipinski definition) is 1. The molecule has 0 saturated carbocycles. The molecule has 2 fully saturated rings. The molecule has 2 saturated heterocycles. The molecule has 0 unspecified atom stereocenters. The zero-order chi connectivity index (χ0) is 21.7. The van der Waals surface area contributed by atoms with Crippen LogP contribution in [0.15, 0.2) is 23.1 Å². The average Bonchev–Trinajstić information content (AvgIpc) is 3.06. The molecule has 1 N–H and O–H groups in total. The van der Waals surface area contributed by atoms with Gasteiger partial charge in [-0.1, -0.05) is 6.07 Å². The van der Waals surface area contributed by atoms with E-state index < -0.39 is 33.8 Å². The molecule has 3 aliphatic rings. The zero-order valence-corrected chi connectivity index (χ0v) is 16.7. The minimum Gasteiger partial charge on any atom is -0.441 e. The Morgan fingerprint density at radius 1 is 1.13 bits per heavy atom. The van der Waals surface area contributed by atoms with Crippen LogP contribution in [-0.4, -0.2) is 67.6 Å². The first kappa shape index (κ1) is 20.9. The van der Waals surface area contributed by atoms with Gasteiger partial charge in [-0.25, -0.2) is 13.2 Å². The van der Waals surface area contributed by atoms with Crippen molar-refractivity contribution in [3.63, 3.8) is 0 Å². The molecule has 3 heterocycles. The fraction of sp³-hybridized carbons (Fsp3) is 0.556. The largest absolute Gasteiger partial charge is 0.471 e. The van der Waals surface area contributed by atoms with Crippen LogP contribution in [0.5, 0.6) is 0 Å². The lowest BCUT2D eigenvalue weighted by Crippen LogP contribution is -2.48. The van der Waals surface area contributed by atoms with Crippen molar-refractivity contribution in [3.05, 3.63) is 29.3 Å². The van der Waals surface area contributed by atoms with Crippen LogP contribution >= 0.6 is 0 Å². The Kier molecular flexibility index (Phi) is 4.96. The number of piperidine rings is 1. The van der Waals surface area contributed by atoms with Gasteiger partial charge in [-0.05, 0) is 29.7 Å². The highest BCUT2D eigenvalue weighted by molar-refractivity contribution is 7.89. The van der Waals surface area contributed by atoms with Gasteiger partial charge in [-0.3, -0.25) is 4.79 Å². The molecule has 1 spiro atoms. The minimum absolute atomic E-state index is 0.0277. The summed E-state index contributed by atoms with van der Waals surface area (Å²) in [6, 6.07) is 4.38. The van der Waals surface area contributed by atoms with Gasteiger partial charge in [0.2, 0.25) is 10.0 Å². The first-order valence-electron chi connectivity index (χ1n) is 9.45. The van der Waals surface area contributed by atoms with Crippen molar-refractivity contribution >= 4 is 22.0 Å². The van der Waals surface area contributed by atoms with Crippen LogP contribution in [0.2, 0.25) is 0 Å². The predicted octanol–water partition coefficient (Wildman–Crippen LogP) is 1.40. The number of hydrogen-bond acceptors (Lipinski definition) is 5. The van der Waals surface area contributed by atoms with E-state index in [1.807, 2.05) is 0 Å². The quantitative estimate of drug-likeness (QED) is 0.740. The summed E-state index contributed by atoms with van der Waals surface area (Å²) in [6.07, 6.45) is -4.56. The fourth-order valence-electron chi connectivity index (χ4n) is 4.11. The van der Waals surface area contributed by atoms with Crippen molar-refractivity contribution < 1.29 is 35.9 Å². The molecule has 0 atom stereocenters. The average molecular weight is 447 g/mol. The second-order valence-corrected chi connectivity index (χ2v) is 9.67. The number of carbonyl (C=O) groups is 2. The van der Waals surface area contributed by atoms with Gasteiger partial charge in [0.15, 0.2) is 0 Å². The van der Waals surface area contributed by atoms with E-state index in [1.165, 1.54) is 16.4 Å². The highest BCUT2D eigenvalue weighted by Crippen LogP contribution is 2.33. The number of sulfonamides is 1. The van der Waals surface area contributed by atoms with E-state index in [1.54, 1.807) is 6.07 Å². The maximum absolute atomic E-state index is 13.1. The monoisotopic (exact) mass is 447 g/mol. The van der Waals surface area contributed by atoms with Gasteiger partial charge in [0.25, 0.3) is 0 Å². The van der Waals surface area contributed by atoms with E-state index in [0.29, 0.717) is 29.8 Å². The first-order valence-corrected chi connectivity index (χ1v) is 10.9. The second-order valence-electron chi connectivity index (χ2n) is 7.74. The van der Waals surface area contributed by atoms with Crippen molar-refractivity contribution in [2.24, 2.45) is 0 Å². The van der Waals surface area contributed by atoms with Gasteiger partial charge in [0.1, 0.15) is 5.60 Å². The molecule has 164 valence electrons. The minimum atomic E-state index is -4.97. The van der Waals surface area contributed by atoms with Crippen LogP contribution in [0.3, 0.4) is 0 Å². The van der Waals surface area contributed by atoms with Crippen LogP contribution in [-0.2, 0) is 32.5 Å². The van der Waals surface area contributed by atoms with Gasteiger partial charge in [0, 0.05) is 39.0 Å². The number of rotatable bonds is 2. The Balaban J connectivity index is 1.51. The Bertz CT molecular complexity index is 987. The molecule has 0 bridgehead atoms. The number of halogens is 3. The Morgan fingerprint density at radius 2 is 1.83 bits per heavy atom. The lowest BCUT2D eigenvalue weighted by molar-refractivity contribution is -0.186. The first-order chi connectivity index (χ1) is 14.0. The van der Waals surface area contributed by atoms with Crippen LogP contribution in [0.1, 0.15) is 24.0 Å². The summed E-state index contributed by atoms with van der Waals surface area (Å²) in [5, 5.41) is 2.58. The van der Waals surface area contributed by atoms with Crippen molar-refractivity contribution in [2.75, 3.05) is 26.2 Å². The van der Waals surface area contributed by atoms with E-state index in [-0.39, 0.29) is 37.5 Å². The molecule has 3 aliphatic heterocycles. The number of ether oxygens (including phenoxy) is 1. The standard InChI is InChI=1S/C18H20F3N3O5S/c19-18(20,21)15(25)23-6-3-12-1-2-14(9-13(12)10-23)30(27,28)24-7-4-17(5-8-24)11-22-16(26)29-17/h1-2,9H,3-8,10-11H2,(H,22,26). The molecular formula is C18H20F3N3O5S. The van der Waals surface area contributed by atoms with Gasteiger partial charge in [-0.15, -0.1) is 0 Å². The zero-order valence-electron chi connectivity index (χ0n) is 15.9. The van der Waals surface area contributed by atoms with Gasteiger partial charge >= 0.3 is 18.2 Å². The van der Waals surface area contributed by atoms with E-state index in [0.717, 1.165) is 5.56 Å². The van der Waals surface area contributed by atoms with Crippen molar-refractivity contribution in [2.45, 2.75) is 42.5 Å². The van der Waals surface area contributed by atoms with E-state index in [2.05, 4.69) is 5.32 Å². The van der Waals surface area contributed by atoms with Crippen LogP contribution in [0, 0.1) is 0 Å². The van der Waals surface area contributed by atoms with Crippen molar-refractivity contribution in [1.29, 1.82) is 0 Å².